The molecule has 0 bridgehead atoms. The second-order valence-electron chi connectivity index (χ2n) is 4.67. The summed E-state index contributed by atoms with van der Waals surface area (Å²) in [6.07, 6.45) is 7.33. The third-order valence-electron chi connectivity index (χ3n) is 2.98. The van der Waals surface area contributed by atoms with Gasteiger partial charge >= 0.3 is 0 Å². The van der Waals surface area contributed by atoms with Crippen LogP contribution < -0.4 is 15.6 Å². The van der Waals surface area contributed by atoms with E-state index in [0.717, 1.165) is 25.2 Å². The van der Waals surface area contributed by atoms with Gasteiger partial charge in [0.2, 0.25) is 6.33 Å². The number of nitrogen functional groups attached to an aromatic ring is 1. The van der Waals surface area contributed by atoms with Crippen LogP contribution in [0.4, 0.5) is 11.4 Å². The molecule has 96 valence electrons. The molecule has 1 aromatic heterocycles. The molecule has 2 rings (SSSR count). The number of nitrogens with zero attached hydrogens (tertiary/aromatic N) is 2. The van der Waals surface area contributed by atoms with Gasteiger partial charge in [0.1, 0.15) is 12.4 Å². The summed E-state index contributed by atoms with van der Waals surface area (Å²) in [5.41, 5.74) is 8.91. The van der Waals surface area contributed by atoms with Crippen LogP contribution in [0.3, 0.4) is 0 Å². The van der Waals surface area contributed by atoms with Gasteiger partial charge in [-0.25, -0.2) is 9.13 Å². The molecule has 0 atom stereocenters. The van der Waals surface area contributed by atoms with Crippen molar-refractivity contribution in [3.8, 4) is 0 Å². The van der Waals surface area contributed by atoms with Gasteiger partial charge in [0.15, 0.2) is 0 Å². The maximum Gasteiger partial charge on any atom is 0.243 e. The molecule has 4 heteroatoms. The topological polar surface area (TPSA) is 46.9 Å². The zero-order valence-electron chi connectivity index (χ0n) is 11.1. The summed E-state index contributed by atoms with van der Waals surface area (Å²) >= 11 is 0. The first-order chi connectivity index (χ1) is 8.65. The van der Waals surface area contributed by atoms with Gasteiger partial charge in [-0.1, -0.05) is 0 Å². The third-order valence-corrected chi connectivity index (χ3v) is 2.98. The number of aromatic nitrogens is 2. The summed E-state index contributed by atoms with van der Waals surface area (Å²) in [4.78, 5) is 0. The zero-order valence-corrected chi connectivity index (χ0v) is 11.1. The van der Waals surface area contributed by atoms with E-state index in [1.54, 1.807) is 0 Å². The fourth-order valence-electron chi connectivity index (χ4n) is 2.00. The van der Waals surface area contributed by atoms with Crippen molar-refractivity contribution in [3.05, 3.63) is 42.5 Å². The predicted octanol–water partition coefficient (Wildman–Crippen LogP) is 1.71. The highest BCUT2D eigenvalue weighted by Gasteiger charge is 2.00. The Kier molecular flexibility index (Phi) is 3.87. The van der Waals surface area contributed by atoms with Crippen molar-refractivity contribution in [1.82, 2.24) is 4.57 Å². The number of hydrogen-bond donors (Lipinski definition) is 2. The maximum absolute atomic E-state index is 5.73. The van der Waals surface area contributed by atoms with Crippen molar-refractivity contribution < 1.29 is 4.57 Å². The molecule has 0 saturated carbocycles. The fraction of sp³-hybridized carbons (Fsp3) is 0.357. The monoisotopic (exact) mass is 245 g/mol. The van der Waals surface area contributed by atoms with Gasteiger partial charge < -0.3 is 11.1 Å². The molecule has 4 nitrogen and oxygen atoms in total. The van der Waals surface area contributed by atoms with Crippen molar-refractivity contribution in [2.75, 3.05) is 17.6 Å². The SMILES string of the molecule is Cc1cc(N)ccc1NCCCn1cc[n+](C)c1. The van der Waals surface area contributed by atoms with E-state index in [4.69, 9.17) is 5.73 Å². The lowest BCUT2D eigenvalue weighted by molar-refractivity contribution is -0.671. The quantitative estimate of drug-likeness (QED) is 0.478. The van der Waals surface area contributed by atoms with E-state index in [-0.39, 0.29) is 0 Å². The highest BCUT2D eigenvalue weighted by molar-refractivity contribution is 5.57. The van der Waals surface area contributed by atoms with Crippen molar-refractivity contribution in [2.45, 2.75) is 19.9 Å². The Morgan fingerprint density at radius 2 is 2.22 bits per heavy atom. The summed E-state index contributed by atoms with van der Waals surface area (Å²) in [6, 6.07) is 5.97. The van der Waals surface area contributed by atoms with Gasteiger partial charge in [-0.15, -0.1) is 0 Å². The predicted molar refractivity (Wildman–Crippen MR) is 74.3 cm³/mol. The van der Waals surface area contributed by atoms with Gasteiger partial charge in [-0.2, -0.15) is 0 Å². The van der Waals surface area contributed by atoms with Gasteiger partial charge in [-0.3, -0.25) is 0 Å². The van der Waals surface area contributed by atoms with Gasteiger partial charge in [0, 0.05) is 24.3 Å². The van der Waals surface area contributed by atoms with E-state index in [2.05, 4.69) is 40.1 Å². The minimum atomic E-state index is 0.817. The van der Waals surface area contributed by atoms with E-state index in [0.29, 0.717) is 0 Å². The smallest absolute Gasteiger partial charge is 0.243 e. The molecule has 0 radical (unpaired) electrons. The molecule has 3 N–H and O–H groups in total. The van der Waals surface area contributed by atoms with Crippen LogP contribution in [0.2, 0.25) is 0 Å². The summed E-state index contributed by atoms with van der Waals surface area (Å²) in [5, 5.41) is 3.44. The van der Waals surface area contributed by atoms with Crippen molar-refractivity contribution in [3.63, 3.8) is 0 Å². The van der Waals surface area contributed by atoms with Crippen LogP contribution in [-0.2, 0) is 13.6 Å². The van der Waals surface area contributed by atoms with Gasteiger partial charge in [-0.05, 0) is 30.7 Å². The largest absolute Gasteiger partial charge is 0.399 e. The number of benzene rings is 1. The summed E-state index contributed by atoms with van der Waals surface area (Å²) in [7, 11) is 2.03. The molecule has 1 aromatic carbocycles. The molecule has 0 aliphatic heterocycles. The summed E-state index contributed by atoms with van der Waals surface area (Å²) in [6.45, 7) is 4.07. The first-order valence-corrected chi connectivity index (χ1v) is 6.26. The Bertz CT molecular complexity index is 516. The molecule has 0 aliphatic rings. The lowest BCUT2D eigenvalue weighted by Gasteiger charge is -2.09. The highest BCUT2D eigenvalue weighted by atomic mass is 15.1. The lowest BCUT2D eigenvalue weighted by Crippen LogP contribution is -2.23. The van der Waals surface area contributed by atoms with E-state index in [1.165, 1.54) is 11.3 Å². The van der Waals surface area contributed by atoms with Crippen LogP contribution in [0.25, 0.3) is 0 Å². The van der Waals surface area contributed by atoms with E-state index < -0.39 is 0 Å². The first-order valence-electron chi connectivity index (χ1n) is 6.26. The highest BCUT2D eigenvalue weighted by Crippen LogP contribution is 2.17. The van der Waals surface area contributed by atoms with Crippen LogP contribution in [0.1, 0.15) is 12.0 Å². The van der Waals surface area contributed by atoms with Crippen LogP contribution in [0.5, 0.6) is 0 Å². The van der Waals surface area contributed by atoms with Crippen LogP contribution >= 0.6 is 0 Å². The minimum absolute atomic E-state index is 0.817. The molecular formula is C14H21N4+. The fourth-order valence-corrected chi connectivity index (χ4v) is 2.00. The minimum Gasteiger partial charge on any atom is -0.399 e. The van der Waals surface area contributed by atoms with Crippen LogP contribution in [-0.4, -0.2) is 11.1 Å². The second kappa shape index (κ2) is 5.58. The number of rotatable bonds is 5. The van der Waals surface area contributed by atoms with E-state index >= 15 is 0 Å². The molecule has 0 saturated heterocycles. The summed E-state index contributed by atoms with van der Waals surface area (Å²) < 4.78 is 4.25. The number of aryl methyl sites for hydroxylation is 3. The Balaban J connectivity index is 1.78. The van der Waals surface area contributed by atoms with Crippen molar-refractivity contribution in [2.24, 2.45) is 7.05 Å². The number of imidazole rings is 1. The van der Waals surface area contributed by atoms with Gasteiger partial charge in [0.05, 0.1) is 13.6 Å². The third kappa shape index (κ3) is 3.26. The molecule has 0 fully saturated rings. The lowest BCUT2D eigenvalue weighted by atomic mass is 10.2. The maximum atomic E-state index is 5.73. The Morgan fingerprint density at radius 3 is 2.89 bits per heavy atom. The number of anilines is 2. The molecule has 0 amide bonds. The molecule has 1 heterocycles. The van der Waals surface area contributed by atoms with E-state index in [9.17, 15) is 0 Å². The average Bonchev–Trinajstić information content (AvgIpc) is 2.73. The molecule has 0 unspecified atom stereocenters. The Labute approximate surface area is 108 Å². The zero-order chi connectivity index (χ0) is 13.0. The summed E-state index contributed by atoms with van der Waals surface area (Å²) in [5.74, 6) is 0. The van der Waals surface area contributed by atoms with Crippen LogP contribution in [0, 0.1) is 6.92 Å². The van der Waals surface area contributed by atoms with Crippen LogP contribution in [0.15, 0.2) is 36.9 Å². The van der Waals surface area contributed by atoms with Crippen molar-refractivity contribution >= 4 is 11.4 Å². The number of hydrogen-bond acceptors (Lipinski definition) is 2. The average molecular weight is 245 g/mol. The normalized spacial score (nSPS) is 10.6. The number of nitrogens with two attached hydrogens (primary N) is 1. The standard InChI is InChI=1S/C14H21N4/c1-12-10-13(15)4-5-14(12)16-6-3-7-18-9-8-17(2)11-18/h4-5,8-11,16H,3,6-7,15H2,1-2H3/q+1. The molecule has 0 spiro atoms. The molecule has 2 aromatic rings. The van der Waals surface area contributed by atoms with E-state index in [1.807, 2.05) is 25.2 Å². The Morgan fingerprint density at radius 1 is 1.39 bits per heavy atom. The molecule has 0 aliphatic carbocycles. The molecular weight excluding hydrogens is 224 g/mol. The first kappa shape index (κ1) is 12.5. The second-order valence-corrected chi connectivity index (χ2v) is 4.67. The van der Waals surface area contributed by atoms with Gasteiger partial charge in [0.25, 0.3) is 0 Å². The van der Waals surface area contributed by atoms with Crippen molar-refractivity contribution in [1.29, 1.82) is 0 Å². The molecule has 18 heavy (non-hydrogen) atoms. The Hall–Kier alpha value is -1.97. The number of nitrogens with one attached hydrogen (secondary N) is 1.